The van der Waals surface area contributed by atoms with E-state index in [1.54, 1.807) is 0 Å². The van der Waals surface area contributed by atoms with Gasteiger partial charge in [-0.3, -0.25) is 4.98 Å². The fourth-order valence-electron chi connectivity index (χ4n) is 3.89. The molecule has 0 bridgehead atoms. The first-order valence-corrected chi connectivity index (χ1v) is 8.25. The number of nitrogens with zero attached hydrogens (tertiary/aromatic N) is 3. The van der Waals surface area contributed by atoms with E-state index in [1.165, 1.54) is 12.1 Å². The second-order valence-corrected chi connectivity index (χ2v) is 6.59. The van der Waals surface area contributed by atoms with E-state index in [2.05, 4.69) is 40.9 Å². The van der Waals surface area contributed by atoms with E-state index in [9.17, 15) is 5.11 Å². The van der Waals surface area contributed by atoms with Gasteiger partial charge in [-0.15, -0.1) is 0 Å². The van der Waals surface area contributed by atoms with E-state index in [0.29, 0.717) is 6.04 Å². The Balaban J connectivity index is 1.64. The summed E-state index contributed by atoms with van der Waals surface area (Å²) in [5, 5.41) is 11.0. The Morgan fingerprint density at radius 1 is 1.29 bits per heavy atom. The number of aliphatic hydroxyl groups is 1. The molecular weight excluding hydrogens is 262 g/mol. The van der Waals surface area contributed by atoms with Crippen molar-refractivity contribution < 1.29 is 5.11 Å². The van der Waals surface area contributed by atoms with Crippen molar-refractivity contribution in [2.45, 2.75) is 50.7 Å². The van der Waals surface area contributed by atoms with Gasteiger partial charge in [-0.25, -0.2) is 0 Å². The molecule has 2 aliphatic heterocycles. The first kappa shape index (κ1) is 14.8. The molecule has 4 nitrogen and oxygen atoms in total. The molecule has 1 atom stereocenters. The summed E-state index contributed by atoms with van der Waals surface area (Å²) in [6.07, 6.45) is 7.03. The summed E-state index contributed by atoms with van der Waals surface area (Å²) in [5.41, 5.74) is 1.83. The van der Waals surface area contributed by atoms with Gasteiger partial charge < -0.3 is 14.9 Å². The highest BCUT2D eigenvalue weighted by molar-refractivity contribution is 5.45. The predicted molar refractivity (Wildman–Crippen MR) is 85.7 cm³/mol. The van der Waals surface area contributed by atoms with Crippen molar-refractivity contribution in [3.63, 3.8) is 0 Å². The lowest BCUT2D eigenvalue weighted by atomic mass is 9.83. The number of hydrogen-bond donors (Lipinski definition) is 1. The predicted octanol–water partition coefficient (Wildman–Crippen LogP) is 2.07. The summed E-state index contributed by atoms with van der Waals surface area (Å²) in [5.74, 6) is 0. The third-order valence-corrected chi connectivity index (χ3v) is 5.31. The minimum absolute atomic E-state index is 0.347. The Labute approximate surface area is 127 Å². The van der Waals surface area contributed by atoms with E-state index in [0.717, 1.165) is 51.0 Å². The van der Waals surface area contributed by atoms with E-state index >= 15 is 0 Å². The van der Waals surface area contributed by atoms with Crippen LogP contribution in [-0.4, -0.2) is 53.3 Å². The van der Waals surface area contributed by atoms with Gasteiger partial charge in [0.15, 0.2) is 0 Å². The van der Waals surface area contributed by atoms with Gasteiger partial charge in [0, 0.05) is 24.8 Å². The first-order chi connectivity index (χ1) is 10.1. The molecule has 0 aromatic carbocycles. The molecule has 2 saturated heterocycles. The number of likely N-dealkylation sites (N-methyl/N-ethyl adjacent to an activating group) is 1. The Morgan fingerprint density at radius 2 is 2.05 bits per heavy atom. The zero-order chi connectivity index (χ0) is 14.9. The number of aryl methyl sites for hydroxylation is 1. The van der Waals surface area contributed by atoms with E-state index in [4.69, 9.17) is 0 Å². The van der Waals surface area contributed by atoms with Gasteiger partial charge in [-0.2, -0.15) is 0 Å². The molecule has 2 aliphatic rings. The van der Waals surface area contributed by atoms with Gasteiger partial charge in [0.25, 0.3) is 0 Å². The molecule has 21 heavy (non-hydrogen) atoms. The molecule has 0 saturated carbocycles. The molecule has 1 aromatic heterocycles. The van der Waals surface area contributed by atoms with Crippen LogP contribution in [0.15, 0.2) is 18.3 Å². The van der Waals surface area contributed by atoms with Gasteiger partial charge in [-0.1, -0.05) is 6.92 Å². The molecule has 3 rings (SSSR count). The van der Waals surface area contributed by atoms with Crippen LogP contribution < -0.4 is 4.90 Å². The third-order valence-electron chi connectivity index (χ3n) is 5.31. The van der Waals surface area contributed by atoms with Gasteiger partial charge in [0.1, 0.15) is 0 Å². The number of rotatable bonds is 3. The molecule has 116 valence electrons. The molecule has 1 aromatic rings. The normalized spacial score (nSPS) is 26.2. The summed E-state index contributed by atoms with van der Waals surface area (Å²) in [6.45, 7) is 5.10. The van der Waals surface area contributed by atoms with Crippen molar-refractivity contribution in [1.82, 2.24) is 9.88 Å². The van der Waals surface area contributed by atoms with Crippen molar-refractivity contribution in [1.29, 1.82) is 0 Å². The number of hydrogen-bond acceptors (Lipinski definition) is 4. The second-order valence-electron chi connectivity index (χ2n) is 6.59. The summed E-state index contributed by atoms with van der Waals surface area (Å²) >= 11 is 0. The average molecular weight is 289 g/mol. The quantitative estimate of drug-likeness (QED) is 0.925. The molecule has 4 heteroatoms. The largest absolute Gasteiger partial charge is 0.388 e. The fourth-order valence-corrected chi connectivity index (χ4v) is 3.89. The molecule has 3 heterocycles. The number of piperidine rings is 1. The Kier molecular flexibility index (Phi) is 4.18. The van der Waals surface area contributed by atoms with Crippen molar-refractivity contribution in [2.75, 3.05) is 31.6 Å². The first-order valence-electron chi connectivity index (χ1n) is 8.25. The number of likely N-dealkylation sites (tertiary alicyclic amines) is 1. The lowest BCUT2D eigenvalue weighted by Gasteiger charge is -2.44. The van der Waals surface area contributed by atoms with Crippen LogP contribution in [0.3, 0.4) is 0 Å². The lowest BCUT2D eigenvalue weighted by molar-refractivity contribution is -0.0449. The second kappa shape index (κ2) is 5.93. The van der Waals surface area contributed by atoms with Crippen LogP contribution in [0.25, 0.3) is 0 Å². The highest BCUT2D eigenvalue weighted by Crippen LogP contribution is 2.35. The summed E-state index contributed by atoms with van der Waals surface area (Å²) < 4.78 is 0. The van der Waals surface area contributed by atoms with Gasteiger partial charge in [-0.05, 0) is 57.8 Å². The summed E-state index contributed by atoms with van der Waals surface area (Å²) in [6, 6.07) is 4.62. The summed E-state index contributed by atoms with van der Waals surface area (Å²) in [4.78, 5) is 9.18. The smallest absolute Gasteiger partial charge is 0.0835 e. The third kappa shape index (κ3) is 2.92. The molecule has 1 unspecified atom stereocenters. The SMILES string of the molecule is CCc1ccc(N2CCC(O)(C3CCCN3C)CC2)cn1. The number of anilines is 1. The maximum Gasteiger partial charge on any atom is 0.0835 e. The zero-order valence-corrected chi connectivity index (χ0v) is 13.3. The monoisotopic (exact) mass is 289 g/mol. The van der Waals surface area contributed by atoms with Crippen LogP contribution in [0, 0.1) is 0 Å². The summed E-state index contributed by atoms with van der Waals surface area (Å²) in [7, 11) is 2.15. The van der Waals surface area contributed by atoms with Crippen molar-refractivity contribution >= 4 is 5.69 Å². The molecule has 0 amide bonds. The van der Waals surface area contributed by atoms with E-state index in [1.807, 2.05) is 6.20 Å². The lowest BCUT2D eigenvalue weighted by Crippen LogP contribution is -2.55. The van der Waals surface area contributed by atoms with Gasteiger partial charge in [0.05, 0.1) is 17.5 Å². The molecule has 1 N–H and O–H groups in total. The molecule has 0 aliphatic carbocycles. The van der Waals surface area contributed by atoms with Crippen molar-refractivity contribution in [3.8, 4) is 0 Å². The zero-order valence-electron chi connectivity index (χ0n) is 13.3. The number of aromatic nitrogens is 1. The maximum atomic E-state index is 11.0. The minimum Gasteiger partial charge on any atom is -0.388 e. The maximum absolute atomic E-state index is 11.0. The van der Waals surface area contributed by atoms with E-state index < -0.39 is 5.60 Å². The Hall–Kier alpha value is -1.13. The van der Waals surface area contributed by atoms with Crippen molar-refractivity contribution in [3.05, 3.63) is 24.0 Å². The standard InChI is InChI=1S/C17H27N3O/c1-3-14-6-7-15(13-18-14)20-11-8-17(21,9-12-20)16-5-4-10-19(16)2/h6-7,13,16,21H,3-5,8-12H2,1-2H3. The average Bonchev–Trinajstić information content (AvgIpc) is 2.95. The van der Waals surface area contributed by atoms with E-state index in [-0.39, 0.29) is 0 Å². The van der Waals surface area contributed by atoms with Crippen LogP contribution in [0.5, 0.6) is 0 Å². The Bertz CT molecular complexity index is 465. The van der Waals surface area contributed by atoms with Crippen LogP contribution in [0.4, 0.5) is 5.69 Å². The van der Waals surface area contributed by atoms with Crippen LogP contribution in [-0.2, 0) is 6.42 Å². The molecule has 2 fully saturated rings. The van der Waals surface area contributed by atoms with Crippen LogP contribution >= 0.6 is 0 Å². The van der Waals surface area contributed by atoms with Crippen molar-refractivity contribution in [2.24, 2.45) is 0 Å². The molecule has 0 radical (unpaired) electrons. The highest BCUT2D eigenvalue weighted by Gasteiger charge is 2.43. The highest BCUT2D eigenvalue weighted by atomic mass is 16.3. The van der Waals surface area contributed by atoms with Gasteiger partial charge >= 0.3 is 0 Å². The topological polar surface area (TPSA) is 39.6 Å². The van der Waals surface area contributed by atoms with Crippen LogP contribution in [0.1, 0.15) is 38.3 Å². The molecule has 0 spiro atoms. The molecular formula is C17H27N3O. The van der Waals surface area contributed by atoms with Gasteiger partial charge in [0.2, 0.25) is 0 Å². The minimum atomic E-state index is -0.501. The fraction of sp³-hybridized carbons (Fsp3) is 0.706. The Morgan fingerprint density at radius 3 is 2.57 bits per heavy atom. The van der Waals surface area contributed by atoms with Crippen LogP contribution in [0.2, 0.25) is 0 Å². The number of pyridine rings is 1.